The Hall–Kier alpha value is -4.18. The number of nitrogens with zero attached hydrogens (tertiary/aromatic N) is 3. The number of pyridine rings is 1. The van der Waals surface area contributed by atoms with Gasteiger partial charge in [0, 0.05) is 28.5 Å². The largest absolute Gasteiger partial charge is 0.255 e. The minimum atomic E-state index is -0.341. The maximum absolute atomic E-state index is 16.5. The third-order valence-corrected chi connectivity index (χ3v) is 11.7. The van der Waals surface area contributed by atoms with E-state index >= 15 is 4.39 Å². The summed E-state index contributed by atoms with van der Waals surface area (Å²) in [6, 6.07) is 27.2. The minimum Gasteiger partial charge on any atom is -0.255 e. The van der Waals surface area contributed by atoms with Gasteiger partial charge in [-0.3, -0.25) is 4.98 Å². The number of hydrogen-bond acceptors (Lipinski definition) is 3. The van der Waals surface area contributed by atoms with Crippen molar-refractivity contribution in [1.29, 1.82) is 0 Å². The van der Waals surface area contributed by atoms with Gasteiger partial charge < -0.3 is 0 Å². The maximum atomic E-state index is 16.5. The van der Waals surface area contributed by atoms with Gasteiger partial charge in [-0.15, -0.1) is 0 Å². The normalized spacial score (nSPS) is 16.5. The van der Waals surface area contributed by atoms with E-state index in [9.17, 15) is 0 Å². The molecule has 2 aromatic heterocycles. The third-order valence-electron chi connectivity index (χ3n) is 11.7. The molecule has 3 aromatic carbocycles. The lowest BCUT2D eigenvalue weighted by Gasteiger charge is -2.44. The van der Waals surface area contributed by atoms with Gasteiger partial charge in [-0.05, 0) is 73.6 Å². The highest BCUT2D eigenvalue weighted by Gasteiger charge is 2.58. The minimum absolute atomic E-state index is 0.0587. The van der Waals surface area contributed by atoms with Crippen molar-refractivity contribution in [2.45, 2.75) is 105 Å². The predicted molar refractivity (Wildman–Crippen MR) is 199 cm³/mol. The Morgan fingerprint density at radius 3 is 1.46 bits per heavy atom. The summed E-state index contributed by atoms with van der Waals surface area (Å²) in [4.78, 5) is 14.9. The summed E-state index contributed by atoms with van der Waals surface area (Å²) < 4.78 is 16.5. The first kappa shape index (κ1) is 33.7. The summed E-state index contributed by atoms with van der Waals surface area (Å²) in [7, 11) is 0. The van der Waals surface area contributed by atoms with Gasteiger partial charge in [-0.1, -0.05) is 138 Å². The van der Waals surface area contributed by atoms with Crippen LogP contribution in [0.25, 0.3) is 45.2 Å². The quantitative estimate of drug-likeness (QED) is 0.196. The lowest BCUT2D eigenvalue weighted by Crippen LogP contribution is -2.42. The SMILES string of the molecule is CC(C)(C)c1ccc(-c2cc(-c3ccc(C(C)(C)C)cc3)nc(-c3ccc(-c4ccc5c(c4F)C(C)(C)C(C)(C)C5(C)C)nc3)n2)cc1. The average Bonchev–Trinajstić information content (AvgIpc) is 3.14. The molecule has 5 aromatic rings. The van der Waals surface area contributed by atoms with Crippen LogP contribution in [-0.2, 0) is 21.7 Å². The van der Waals surface area contributed by atoms with Crippen LogP contribution < -0.4 is 0 Å². The van der Waals surface area contributed by atoms with Crippen molar-refractivity contribution in [2.24, 2.45) is 5.41 Å². The monoisotopic (exact) mass is 639 g/mol. The molecule has 0 saturated carbocycles. The Morgan fingerprint density at radius 1 is 0.542 bits per heavy atom. The fourth-order valence-corrected chi connectivity index (χ4v) is 7.18. The lowest BCUT2D eigenvalue weighted by molar-refractivity contribution is 0.123. The van der Waals surface area contributed by atoms with E-state index in [2.05, 4.69) is 144 Å². The van der Waals surface area contributed by atoms with Crippen LogP contribution in [0.3, 0.4) is 0 Å². The van der Waals surface area contributed by atoms with Crippen LogP contribution in [0.4, 0.5) is 4.39 Å². The van der Waals surface area contributed by atoms with E-state index < -0.39 is 0 Å². The van der Waals surface area contributed by atoms with Crippen molar-refractivity contribution in [2.75, 3.05) is 0 Å². The Bertz CT molecular complexity index is 1910. The van der Waals surface area contributed by atoms with Gasteiger partial charge in [0.05, 0.1) is 17.1 Å². The molecule has 0 aliphatic heterocycles. The molecule has 0 radical (unpaired) electrons. The molecular formula is C44H50FN3. The van der Waals surface area contributed by atoms with E-state index in [1.165, 1.54) is 11.1 Å². The van der Waals surface area contributed by atoms with Crippen LogP contribution in [-0.4, -0.2) is 15.0 Å². The van der Waals surface area contributed by atoms with E-state index in [1.54, 1.807) is 6.20 Å². The summed E-state index contributed by atoms with van der Waals surface area (Å²) in [5.41, 5.74) is 9.56. The zero-order valence-electron chi connectivity index (χ0n) is 30.8. The molecule has 3 nitrogen and oxygen atoms in total. The summed E-state index contributed by atoms with van der Waals surface area (Å²) in [6.07, 6.45) is 1.77. The van der Waals surface area contributed by atoms with E-state index in [4.69, 9.17) is 15.0 Å². The molecule has 1 aliphatic rings. The Labute approximate surface area is 287 Å². The van der Waals surface area contributed by atoms with E-state index in [-0.39, 0.29) is 32.9 Å². The Morgan fingerprint density at radius 2 is 1.02 bits per heavy atom. The summed E-state index contributed by atoms with van der Waals surface area (Å²) >= 11 is 0. The van der Waals surface area contributed by atoms with Crippen LogP contribution in [0.15, 0.2) is 85.1 Å². The summed E-state index contributed by atoms with van der Waals surface area (Å²) in [5, 5.41) is 0. The molecule has 6 rings (SSSR count). The number of aromatic nitrogens is 3. The molecule has 0 N–H and O–H groups in total. The van der Waals surface area contributed by atoms with Gasteiger partial charge in [0.1, 0.15) is 5.82 Å². The average molecular weight is 640 g/mol. The smallest absolute Gasteiger partial charge is 0.161 e. The molecular weight excluding hydrogens is 590 g/mol. The van der Waals surface area contributed by atoms with Gasteiger partial charge in [-0.25, -0.2) is 14.4 Å². The molecule has 0 amide bonds. The van der Waals surface area contributed by atoms with Gasteiger partial charge in [0.2, 0.25) is 0 Å². The summed E-state index contributed by atoms with van der Waals surface area (Å²) in [5.74, 6) is 0.412. The first-order valence-electron chi connectivity index (χ1n) is 17.1. The zero-order chi connectivity index (χ0) is 35.0. The number of halogens is 1. The molecule has 2 heterocycles. The van der Waals surface area contributed by atoms with Gasteiger partial charge in [0.15, 0.2) is 5.82 Å². The highest BCUT2D eigenvalue weighted by atomic mass is 19.1. The second-order valence-corrected chi connectivity index (χ2v) is 17.3. The molecule has 0 unspecified atom stereocenters. The molecule has 0 atom stereocenters. The third kappa shape index (κ3) is 5.47. The van der Waals surface area contributed by atoms with Gasteiger partial charge in [0.25, 0.3) is 0 Å². The first-order valence-corrected chi connectivity index (χ1v) is 17.1. The summed E-state index contributed by atoms with van der Waals surface area (Å²) in [6.45, 7) is 26.6. The van der Waals surface area contributed by atoms with Crippen LogP contribution in [0.1, 0.15) is 105 Å². The van der Waals surface area contributed by atoms with Crippen LogP contribution in [0.2, 0.25) is 0 Å². The van der Waals surface area contributed by atoms with E-state index in [0.29, 0.717) is 17.1 Å². The van der Waals surface area contributed by atoms with Crippen LogP contribution >= 0.6 is 0 Å². The topological polar surface area (TPSA) is 38.7 Å². The molecule has 0 saturated heterocycles. The van der Waals surface area contributed by atoms with Crippen LogP contribution in [0.5, 0.6) is 0 Å². The van der Waals surface area contributed by atoms with Crippen molar-refractivity contribution in [3.05, 3.63) is 113 Å². The zero-order valence-corrected chi connectivity index (χ0v) is 30.8. The number of hydrogen-bond donors (Lipinski definition) is 0. The second-order valence-electron chi connectivity index (χ2n) is 17.3. The predicted octanol–water partition coefficient (Wildman–Crippen LogP) is 11.9. The van der Waals surface area contributed by atoms with Crippen molar-refractivity contribution >= 4 is 0 Å². The van der Waals surface area contributed by atoms with Crippen molar-refractivity contribution in [3.8, 4) is 45.2 Å². The fraction of sp³-hybridized carbons (Fsp3) is 0.386. The van der Waals surface area contributed by atoms with Crippen molar-refractivity contribution < 1.29 is 4.39 Å². The highest BCUT2D eigenvalue weighted by Crippen LogP contribution is 2.62. The number of rotatable bonds is 4. The van der Waals surface area contributed by atoms with Gasteiger partial charge >= 0.3 is 0 Å². The fourth-order valence-electron chi connectivity index (χ4n) is 7.18. The lowest BCUT2D eigenvalue weighted by atomic mass is 9.59. The number of benzene rings is 3. The van der Waals surface area contributed by atoms with E-state index in [0.717, 1.165) is 39.2 Å². The molecule has 4 heteroatoms. The Balaban J connectivity index is 1.43. The first-order chi connectivity index (χ1) is 22.2. The number of fused-ring (bicyclic) bond motifs is 1. The maximum Gasteiger partial charge on any atom is 0.161 e. The second kappa shape index (κ2) is 11.2. The van der Waals surface area contributed by atoms with Crippen molar-refractivity contribution in [1.82, 2.24) is 15.0 Å². The molecule has 0 spiro atoms. The van der Waals surface area contributed by atoms with Gasteiger partial charge in [-0.2, -0.15) is 0 Å². The molecule has 48 heavy (non-hydrogen) atoms. The highest BCUT2D eigenvalue weighted by molar-refractivity contribution is 5.73. The molecule has 0 fully saturated rings. The molecule has 0 bridgehead atoms. The van der Waals surface area contributed by atoms with E-state index in [1.807, 2.05) is 18.2 Å². The van der Waals surface area contributed by atoms with Crippen LogP contribution in [0, 0.1) is 11.2 Å². The molecule has 1 aliphatic carbocycles. The van der Waals surface area contributed by atoms with Crippen molar-refractivity contribution in [3.63, 3.8) is 0 Å². The Kier molecular flexibility index (Phi) is 7.86. The molecule has 248 valence electrons. The standard InChI is InChI=1S/C44H50FN3/c1-40(2,3)30-18-13-27(14-19-30)35-25-36(28-15-20-31(21-16-28)41(4,5)6)48-39(47-35)29-17-24-34(46-26-29)32-22-23-33-37(38(32)45)43(9,10)44(11,12)42(33,7)8/h13-26H,1-12H3.